The van der Waals surface area contributed by atoms with Crippen LogP contribution >= 0.6 is 12.4 Å². The van der Waals surface area contributed by atoms with E-state index in [1.165, 1.54) is 12.8 Å². The summed E-state index contributed by atoms with van der Waals surface area (Å²) in [6, 6.07) is 5.93. The van der Waals surface area contributed by atoms with Crippen molar-refractivity contribution in [3.05, 3.63) is 23.8 Å². The van der Waals surface area contributed by atoms with E-state index >= 15 is 0 Å². The molecule has 1 heterocycles. The van der Waals surface area contributed by atoms with Gasteiger partial charge in [0.1, 0.15) is 0 Å². The Labute approximate surface area is 149 Å². The van der Waals surface area contributed by atoms with Crippen LogP contribution in [0.5, 0.6) is 0 Å². The van der Waals surface area contributed by atoms with E-state index in [0.717, 1.165) is 42.7 Å². The molecule has 6 heteroatoms. The minimum absolute atomic E-state index is 0. The highest BCUT2D eigenvalue weighted by Crippen LogP contribution is 2.31. The summed E-state index contributed by atoms with van der Waals surface area (Å²) in [5.41, 5.74) is 9.01. The number of nitrogens with two attached hydrogens (primary N) is 1. The number of amides is 2. The van der Waals surface area contributed by atoms with Crippen molar-refractivity contribution in [1.29, 1.82) is 0 Å². The minimum Gasteiger partial charge on any atom is -0.327 e. The molecule has 5 nitrogen and oxygen atoms in total. The van der Waals surface area contributed by atoms with E-state index in [-0.39, 0.29) is 30.3 Å². The molecule has 1 aromatic rings. The number of hydrogen-bond acceptors (Lipinski definition) is 3. The van der Waals surface area contributed by atoms with Gasteiger partial charge in [-0.3, -0.25) is 9.59 Å². The number of anilines is 2. The SMILES string of the molecule is CC(=O)N1CCc2cc(NC(=O)CC3CCCCC3N)ccc21.Cl. The molecular weight excluding hydrogens is 326 g/mol. The quantitative estimate of drug-likeness (QED) is 0.879. The Morgan fingerprint density at radius 1 is 1.29 bits per heavy atom. The third kappa shape index (κ3) is 4.08. The van der Waals surface area contributed by atoms with E-state index in [1.807, 2.05) is 18.2 Å². The number of carbonyl (C=O) groups is 2. The van der Waals surface area contributed by atoms with E-state index in [0.29, 0.717) is 12.3 Å². The lowest BCUT2D eigenvalue weighted by Gasteiger charge is -2.28. The Balaban J connectivity index is 0.00000208. The Kier molecular flexibility index (Phi) is 6.24. The summed E-state index contributed by atoms with van der Waals surface area (Å²) in [4.78, 5) is 25.6. The maximum absolute atomic E-state index is 12.3. The van der Waals surface area contributed by atoms with Gasteiger partial charge in [0.25, 0.3) is 0 Å². The molecule has 1 aliphatic carbocycles. The number of benzene rings is 1. The van der Waals surface area contributed by atoms with Crippen LogP contribution in [0, 0.1) is 5.92 Å². The molecule has 1 fully saturated rings. The maximum atomic E-state index is 12.3. The largest absolute Gasteiger partial charge is 0.327 e. The van der Waals surface area contributed by atoms with Gasteiger partial charge in [-0.15, -0.1) is 12.4 Å². The fourth-order valence-electron chi connectivity index (χ4n) is 3.75. The van der Waals surface area contributed by atoms with Crippen LogP contribution in [0.1, 0.15) is 44.6 Å². The molecule has 3 N–H and O–H groups in total. The summed E-state index contributed by atoms with van der Waals surface area (Å²) in [6.07, 6.45) is 5.76. The summed E-state index contributed by atoms with van der Waals surface area (Å²) in [6.45, 7) is 2.30. The number of nitrogens with one attached hydrogen (secondary N) is 1. The minimum atomic E-state index is 0. The highest BCUT2D eigenvalue weighted by Gasteiger charge is 2.25. The molecule has 3 rings (SSSR count). The second kappa shape index (κ2) is 7.99. The molecule has 0 bridgehead atoms. The van der Waals surface area contributed by atoms with Crippen molar-refractivity contribution in [2.75, 3.05) is 16.8 Å². The molecule has 0 radical (unpaired) electrons. The van der Waals surface area contributed by atoms with Gasteiger partial charge in [-0.05, 0) is 48.9 Å². The Morgan fingerprint density at radius 2 is 2.04 bits per heavy atom. The van der Waals surface area contributed by atoms with Crippen LogP contribution in [0.15, 0.2) is 18.2 Å². The van der Waals surface area contributed by atoms with E-state index in [2.05, 4.69) is 5.32 Å². The van der Waals surface area contributed by atoms with Crippen molar-refractivity contribution in [1.82, 2.24) is 0 Å². The first-order valence-electron chi connectivity index (χ1n) is 8.51. The molecule has 2 amide bonds. The molecule has 1 aromatic carbocycles. The molecular formula is C18H26ClN3O2. The van der Waals surface area contributed by atoms with Crippen LogP contribution in [0.3, 0.4) is 0 Å². The van der Waals surface area contributed by atoms with E-state index in [4.69, 9.17) is 5.73 Å². The van der Waals surface area contributed by atoms with Crippen molar-refractivity contribution < 1.29 is 9.59 Å². The number of rotatable bonds is 3. The molecule has 24 heavy (non-hydrogen) atoms. The number of carbonyl (C=O) groups excluding carboxylic acids is 2. The Bertz CT molecular complexity index is 620. The second-order valence-corrected chi connectivity index (χ2v) is 6.72. The summed E-state index contributed by atoms with van der Waals surface area (Å²) in [7, 11) is 0. The first-order chi connectivity index (χ1) is 11.0. The summed E-state index contributed by atoms with van der Waals surface area (Å²) >= 11 is 0. The zero-order valence-electron chi connectivity index (χ0n) is 14.1. The zero-order chi connectivity index (χ0) is 16.4. The average molecular weight is 352 g/mol. The van der Waals surface area contributed by atoms with Crippen LogP contribution in [0.2, 0.25) is 0 Å². The lowest BCUT2D eigenvalue weighted by Crippen LogP contribution is -2.35. The topological polar surface area (TPSA) is 75.4 Å². The monoisotopic (exact) mass is 351 g/mol. The molecule has 1 aliphatic heterocycles. The number of halogens is 1. The van der Waals surface area contributed by atoms with Crippen LogP contribution in [0.4, 0.5) is 11.4 Å². The molecule has 1 saturated carbocycles. The molecule has 2 unspecified atom stereocenters. The standard InChI is InChI=1S/C18H25N3O2.ClH/c1-12(22)21-9-8-14-10-15(6-7-17(14)21)20-18(23)11-13-4-2-3-5-16(13)19;/h6-7,10,13,16H,2-5,8-9,11,19H2,1H3,(H,20,23);1H. The van der Waals surface area contributed by atoms with Gasteiger partial charge in [-0.25, -0.2) is 0 Å². The predicted molar refractivity (Wildman–Crippen MR) is 98.6 cm³/mol. The van der Waals surface area contributed by atoms with Gasteiger partial charge in [-0.2, -0.15) is 0 Å². The highest BCUT2D eigenvalue weighted by atomic mass is 35.5. The smallest absolute Gasteiger partial charge is 0.224 e. The van der Waals surface area contributed by atoms with Gasteiger partial charge >= 0.3 is 0 Å². The van der Waals surface area contributed by atoms with Gasteiger partial charge in [0, 0.05) is 37.3 Å². The van der Waals surface area contributed by atoms with Crippen molar-refractivity contribution in [3.63, 3.8) is 0 Å². The molecule has 0 saturated heterocycles. The Morgan fingerprint density at radius 3 is 2.75 bits per heavy atom. The van der Waals surface area contributed by atoms with E-state index in [1.54, 1.807) is 11.8 Å². The number of nitrogens with zero attached hydrogens (tertiary/aromatic N) is 1. The van der Waals surface area contributed by atoms with Crippen molar-refractivity contribution >= 4 is 35.6 Å². The molecule has 0 aromatic heterocycles. The van der Waals surface area contributed by atoms with Gasteiger partial charge in [-0.1, -0.05) is 12.8 Å². The van der Waals surface area contributed by atoms with Gasteiger partial charge in [0.05, 0.1) is 0 Å². The third-order valence-electron chi connectivity index (χ3n) is 5.05. The van der Waals surface area contributed by atoms with Crippen LogP contribution in [-0.2, 0) is 16.0 Å². The van der Waals surface area contributed by atoms with E-state index in [9.17, 15) is 9.59 Å². The fourth-order valence-corrected chi connectivity index (χ4v) is 3.75. The molecule has 2 atom stereocenters. The maximum Gasteiger partial charge on any atom is 0.224 e. The third-order valence-corrected chi connectivity index (χ3v) is 5.05. The van der Waals surface area contributed by atoms with Crippen molar-refractivity contribution in [3.8, 4) is 0 Å². The van der Waals surface area contributed by atoms with Crippen molar-refractivity contribution in [2.45, 2.75) is 51.5 Å². The van der Waals surface area contributed by atoms with Crippen LogP contribution < -0.4 is 16.0 Å². The summed E-state index contributed by atoms with van der Waals surface area (Å²) in [5, 5.41) is 2.99. The van der Waals surface area contributed by atoms with Crippen LogP contribution in [0.25, 0.3) is 0 Å². The van der Waals surface area contributed by atoms with E-state index < -0.39 is 0 Å². The lowest BCUT2D eigenvalue weighted by molar-refractivity contribution is -0.117. The highest BCUT2D eigenvalue weighted by molar-refractivity contribution is 5.95. The summed E-state index contributed by atoms with van der Waals surface area (Å²) in [5.74, 6) is 0.395. The first-order valence-corrected chi connectivity index (χ1v) is 8.51. The molecule has 2 aliphatic rings. The van der Waals surface area contributed by atoms with Gasteiger partial charge in [0.15, 0.2) is 0 Å². The number of fused-ring (bicyclic) bond motifs is 1. The first kappa shape index (κ1) is 18.7. The average Bonchev–Trinajstić information content (AvgIpc) is 2.93. The fraction of sp³-hybridized carbons (Fsp3) is 0.556. The van der Waals surface area contributed by atoms with Crippen LogP contribution in [-0.4, -0.2) is 24.4 Å². The molecule has 0 spiro atoms. The molecule has 132 valence electrons. The van der Waals surface area contributed by atoms with Gasteiger partial charge < -0.3 is 16.0 Å². The normalized spacial score (nSPS) is 22.5. The van der Waals surface area contributed by atoms with Gasteiger partial charge in [0.2, 0.25) is 11.8 Å². The van der Waals surface area contributed by atoms with Crippen molar-refractivity contribution in [2.24, 2.45) is 11.7 Å². The lowest BCUT2D eigenvalue weighted by atomic mass is 9.83. The predicted octanol–water partition coefficient (Wildman–Crippen LogP) is 2.86. The Hall–Kier alpha value is -1.59. The zero-order valence-corrected chi connectivity index (χ0v) is 14.9. The second-order valence-electron chi connectivity index (χ2n) is 6.72. The summed E-state index contributed by atoms with van der Waals surface area (Å²) < 4.78 is 0. The number of hydrogen-bond donors (Lipinski definition) is 2.